The van der Waals surface area contributed by atoms with Gasteiger partial charge in [-0.1, -0.05) is 6.07 Å². The summed E-state index contributed by atoms with van der Waals surface area (Å²) in [5.74, 6) is -0.188. The van der Waals surface area contributed by atoms with Gasteiger partial charge in [0.2, 0.25) is 0 Å². The van der Waals surface area contributed by atoms with Crippen molar-refractivity contribution in [3.05, 3.63) is 23.8 Å². The molecule has 0 saturated carbocycles. The summed E-state index contributed by atoms with van der Waals surface area (Å²) < 4.78 is 40.8. The van der Waals surface area contributed by atoms with E-state index in [4.69, 9.17) is 9.31 Å². The Bertz CT molecular complexity index is 530. The van der Waals surface area contributed by atoms with Crippen LogP contribution in [0.15, 0.2) is 18.2 Å². The zero-order valence-corrected chi connectivity index (χ0v) is 12.4. The van der Waals surface area contributed by atoms with Crippen molar-refractivity contribution in [2.75, 3.05) is 0 Å². The lowest BCUT2D eigenvalue weighted by atomic mass is 9.78. The summed E-state index contributed by atoms with van der Waals surface area (Å²) in [4.78, 5) is 10.9. The van der Waals surface area contributed by atoms with Gasteiger partial charge in [-0.2, -0.15) is 8.78 Å². The number of carbonyl (C=O) groups is 1. The van der Waals surface area contributed by atoms with Crippen molar-refractivity contribution in [3.8, 4) is 5.75 Å². The summed E-state index contributed by atoms with van der Waals surface area (Å²) in [6.45, 7) is 4.57. The van der Waals surface area contributed by atoms with Gasteiger partial charge in [-0.05, 0) is 45.3 Å². The van der Waals surface area contributed by atoms with Gasteiger partial charge in [-0.25, -0.2) is 0 Å². The van der Waals surface area contributed by atoms with Crippen LogP contribution in [0.1, 0.15) is 38.1 Å². The second kappa shape index (κ2) is 5.38. The van der Waals surface area contributed by atoms with Gasteiger partial charge in [0.05, 0.1) is 16.8 Å². The summed E-state index contributed by atoms with van der Waals surface area (Å²) in [6.07, 6.45) is 0.464. The van der Waals surface area contributed by atoms with Gasteiger partial charge in [0, 0.05) is 0 Å². The Morgan fingerprint density at radius 3 is 2.24 bits per heavy atom. The van der Waals surface area contributed by atoms with Crippen molar-refractivity contribution < 1.29 is 27.6 Å². The number of rotatable bonds is 4. The van der Waals surface area contributed by atoms with Gasteiger partial charge >= 0.3 is 13.7 Å². The lowest BCUT2D eigenvalue weighted by molar-refractivity contribution is -0.0500. The second-order valence-electron chi connectivity index (χ2n) is 5.88. The average Bonchev–Trinajstić information content (AvgIpc) is 2.57. The van der Waals surface area contributed by atoms with E-state index in [-0.39, 0.29) is 11.3 Å². The highest BCUT2D eigenvalue weighted by molar-refractivity contribution is 6.62. The van der Waals surface area contributed by atoms with E-state index in [1.54, 1.807) is 6.07 Å². The molecular formula is C14H17BF2O4. The molecule has 2 rings (SSSR count). The Hall–Kier alpha value is -1.47. The maximum Gasteiger partial charge on any atom is 0.494 e. The highest BCUT2D eigenvalue weighted by Gasteiger charge is 2.51. The molecule has 7 heteroatoms. The molecule has 1 heterocycles. The van der Waals surface area contributed by atoms with E-state index in [0.717, 1.165) is 0 Å². The van der Waals surface area contributed by atoms with E-state index in [9.17, 15) is 13.6 Å². The molecule has 1 fully saturated rings. The molecule has 1 aliphatic rings. The number of carbonyl (C=O) groups excluding carboxylic acids is 1. The predicted octanol–water partition coefficient (Wildman–Crippen LogP) is 2.40. The molecule has 1 aliphatic heterocycles. The molecule has 0 aliphatic carbocycles. The number of hydrogen-bond donors (Lipinski definition) is 0. The van der Waals surface area contributed by atoms with Crippen molar-refractivity contribution in [2.45, 2.75) is 45.5 Å². The van der Waals surface area contributed by atoms with E-state index in [2.05, 4.69) is 4.74 Å². The van der Waals surface area contributed by atoms with E-state index in [0.29, 0.717) is 11.7 Å². The predicted molar refractivity (Wildman–Crippen MR) is 74.2 cm³/mol. The number of hydrogen-bond acceptors (Lipinski definition) is 4. The molecule has 0 atom stereocenters. The van der Waals surface area contributed by atoms with E-state index >= 15 is 0 Å². The topological polar surface area (TPSA) is 44.8 Å². The highest BCUT2D eigenvalue weighted by Crippen LogP contribution is 2.36. The number of ether oxygens (including phenoxy) is 1. The van der Waals surface area contributed by atoms with Crippen LogP contribution >= 0.6 is 0 Å². The molecule has 0 radical (unpaired) electrons. The first-order valence-corrected chi connectivity index (χ1v) is 6.56. The zero-order valence-electron chi connectivity index (χ0n) is 12.4. The molecule has 21 heavy (non-hydrogen) atoms. The summed E-state index contributed by atoms with van der Waals surface area (Å²) in [6, 6.07) is 4.35. The molecule has 1 aromatic carbocycles. The van der Waals surface area contributed by atoms with Gasteiger partial charge in [0.25, 0.3) is 0 Å². The Morgan fingerprint density at radius 2 is 1.76 bits per heavy atom. The van der Waals surface area contributed by atoms with Gasteiger partial charge < -0.3 is 14.0 Å². The monoisotopic (exact) mass is 298 g/mol. The van der Waals surface area contributed by atoms with Crippen LogP contribution in [-0.2, 0) is 9.31 Å². The van der Waals surface area contributed by atoms with E-state index < -0.39 is 24.9 Å². The van der Waals surface area contributed by atoms with Crippen LogP contribution in [0.2, 0.25) is 0 Å². The van der Waals surface area contributed by atoms with Crippen molar-refractivity contribution in [2.24, 2.45) is 0 Å². The van der Waals surface area contributed by atoms with Crippen molar-refractivity contribution in [1.29, 1.82) is 0 Å². The van der Waals surface area contributed by atoms with Crippen LogP contribution in [-0.4, -0.2) is 31.2 Å². The molecular weight excluding hydrogens is 281 g/mol. The molecule has 1 aromatic rings. The van der Waals surface area contributed by atoms with Gasteiger partial charge in [0.15, 0.2) is 6.29 Å². The minimum Gasteiger partial charge on any atom is -0.434 e. The Morgan fingerprint density at radius 1 is 1.19 bits per heavy atom. The number of benzene rings is 1. The third-order valence-corrected chi connectivity index (χ3v) is 3.91. The molecule has 0 bridgehead atoms. The van der Waals surface area contributed by atoms with Crippen LogP contribution in [0, 0.1) is 0 Å². The van der Waals surface area contributed by atoms with Crippen LogP contribution in [0.5, 0.6) is 5.75 Å². The summed E-state index contributed by atoms with van der Waals surface area (Å²) in [5, 5.41) is 0. The standard InChI is InChI=1S/C14H17BF2O4/c1-13(2)14(3,4)21-15(20-13)10-6-5-9(8-18)11(7-10)19-12(16)17/h5-8,12H,1-4H3. The lowest BCUT2D eigenvalue weighted by Gasteiger charge is -2.32. The smallest absolute Gasteiger partial charge is 0.434 e. The largest absolute Gasteiger partial charge is 0.494 e. The zero-order chi connectivity index (χ0) is 15.8. The van der Waals surface area contributed by atoms with Crippen LogP contribution < -0.4 is 10.2 Å². The number of halogens is 2. The van der Waals surface area contributed by atoms with Crippen LogP contribution in [0.3, 0.4) is 0 Å². The second-order valence-corrected chi connectivity index (χ2v) is 5.88. The van der Waals surface area contributed by atoms with E-state index in [1.165, 1.54) is 12.1 Å². The van der Waals surface area contributed by atoms with Crippen molar-refractivity contribution in [3.63, 3.8) is 0 Å². The van der Waals surface area contributed by atoms with Gasteiger partial charge in [0.1, 0.15) is 5.75 Å². The lowest BCUT2D eigenvalue weighted by Crippen LogP contribution is -2.41. The fourth-order valence-electron chi connectivity index (χ4n) is 1.97. The summed E-state index contributed by atoms with van der Waals surface area (Å²) >= 11 is 0. The van der Waals surface area contributed by atoms with Gasteiger partial charge in [-0.3, -0.25) is 4.79 Å². The molecule has 1 saturated heterocycles. The molecule has 0 N–H and O–H groups in total. The summed E-state index contributed by atoms with van der Waals surface area (Å²) in [5.41, 5.74) is -0.499. The average molecular weight is 298 g/mol. The maximum absolute atomic E-state index is 12.4. The Balaban J connectivity index is 2.32. The molecule has 4 nitrogen and oxygen atoms in total. The van der Waals surface area contributed by atoms with Crippen LogP contribution in [0.25, 0.3) is 0 Å². The van der Waals surface area contributed by atoms with Gasteiger partial charge in [-0.15, -0.1) is 0 Å². The molecule has 0 spiro atoms. The Kier molecular flexibility index (Phi) is 4.08. The number of alkyl halides is 2. The fraction of sp³-hybridized carbons (Fsp3) is 0.500. The SMILES string of the molecule is CC1(C)OB(c2ccc(C=O)c(OC(F)F)c2)OC1(C)C. The van der Waals surface area contributed by atoms with Crippen molar-refractivity contribution >= 4 is 18.9 Å². The Labute approximate surface area is 122 Å². The third kappa shape index (κ3) is 3.08. The highest BCUT2D eigenvalue weighted by atomic mass is 19.3. The molecule has 0 aromatic heterocycles. The number of aldehydes is 1. The minimum absolute atomic E-state index is 0.0515. The molecule has 0 amide bonds. The third-order valence-electron chi connectivity index (χ3n) is 3.91. The first-order valence-electron chi connectivity index (χ1n) is 6.56. The van der Waals surface area contributed by atoms with Crippen LogP contribution in [0.4, 0.5) is 8.78 Å². The van der Waals surface area contributed by atoms with Crippen molar-refractivity contribution in [1.82, 2.24) is 0 Å². The van der Waals surface area contributed by atoms with E-state index in [1.807, 2.05) is 27.7 Å². The first kappa shape index (κ1) is 15.9. The quantitative estimate of drug-likeness (QED) is 0.632. The fourth-order valence-corrected chi connectivity index (χ4v) is 1.97. The molecule has 0 unspecified atom stereocenters. The maximum atomic E-state index is 12.4. The molecule has 114 valence electrons. The minimum atomic E-state index is -3.00. The summed E-state index contributed by atoms with van der Waals surface area (Å²) in [7, 11) is -0.698. The normalized spacial score (nSPS) is 19.9. The first-order chi connectivity index (χ1) is 9.66.